The fourth-order valence-electron chi connectivity index (χ4n) is 2.19. The molecular weight excluding hydrogens is 260 g/mol. The lowest BCUT2D eigenvalue weighted by molar-refractivity contribution is 0.104. The molecular formula is C15H14OS2. The van der Waals surface area contributed by atoms with E-state index in [0.717, 1.165) is 28.2 Å². The number of fused-ring (bicyclic) bond motifs is 1. The van der Waals surface area contributed by atoms with Crippen molar-refractivity contribution in [2.75, 3.05) is 5.75 Å². The van der Waals surface area contributed by atoms with E-state index in [-0.39, 0.29) is 5.78 Å². The fraction of sp³-hybridized carbons (Fsp3) is 0.267. The number of hydrogen-bond acceptors (Lipinski definition) is 3. The van der Waals surface area contributed by atoms with Gasteiger partial charge in [0, 0.05) is 16.2 Å². The minimum Gasteiger partial charge on any atom is -0.288 e. The Hall–Kier alpha value is -1.06. The quantitative estimate of drug-likeness (QED) is 0.768. The molecule has 0 saturated carbocycles. The van der Waals surface area contributed by atoms with E-state index in [2.05, 4.69) is 6.07 Å². The van der Waals surface area contributed by atoms with E-state index in [1.54, 1.807) is 11.3 Å². The summed E-state index contributed by atoms with van der Waals surface area (Å²) in [6.07, 6.45) is 1.12. The summed E-state index contributed by atoms with van der Waals surface area (Å²) >= 11 is 3.64. The van der Waals surface area contributed by atoms with Crippen LogP contribution in [0.4, 0.5) is 0 Å². The smallest absolute Gasteiger partial charge is 0.202 e. The van der Waals surface area contributed by atoms with Gasteiger partial charge in [0.1, 0.15) is 0 Å². The van der Waals surface area contributed by atoms with E-state index in [0.29, 0.717) is 0 Å². The van der Waals surface area contributed by atoms with Crippen molar-refractivity contribution >= 4 is 28.9 Å². The van der Waals surface area contributed by atoms with Gasteiger partial charge in [-0.3, -0.25) is 4.79 Å². The van der Waals surface area contributed by atoms with Gasteiger partial charge in [-0.05, 0) is 36.8 Å². The molecule has 0 aliphatic carbocycles. The fourth-order valence-corrected chi connectivity index (χ4v) is 4.52. The van der Waals surface area contributed by atoms with E-state index in [1.165, 1.54) is 16.2 Å². The molecule has 1 nitrogen and oxygen atoms in total. The highest BCUT2D eigenvalue weighted by atomic mass is 32.2. The lowest BCUT2D eigenvalue weighted by Gasteiger charge is -2.08. The molecule has 0 spiro atoms. The third kappa shape index (κ3) is 2.25. The first kappa shape index (κ1) is 12.0. The summed E-state index contributed by atoms with van der Waals surface area (Å²) < 4.78 is 0. The molecule has 0 unspecified atom stereocenters. The maximum Gasteiger partial charge on any atom is 0.202 e. The van der Waals surface area contributed by atoms with Gasteiger partial charge in [0.25, 0.3) is 0 Å². The van der Waals surface area contributed by atoms with Gasteiger partial charge in [0.2, 0.25) is 5.78 Å². The zero-order chi connectivity index (χ0) is 12.5. The highest BCUT2D eigenvalue weighted by Gasteiger charge is 2.18. The van der Waals surface area contributed by atoms with Crippen LogP contribution in [0.15, 0.2) is 30.3 Å². The van der Waals surface area contributed by atoms with Crippen LogP contribution in [-0.2, 0) is 12.2 Å². The minimum absolute atomic E-state index is 0.170. The number of benzene rings is 1. The molecule has 2 aromatic rings. The Morgan fingerprint density at radius 2 is 2.17 bits per heavy atom. The van der Waals surface area contributed by atoms with Crippen molar-refractivity contribution < 1.29 is 4.79 Å². The summed E-state index contributed by atoms with van der Waals surface area (Å²) in [5.41, 5.74) is 3.31. The van der Waals surface area contributed by atoms with Gasteiger partial charge < -0.3 is 0 Å². The van der Waals surface area contributed by atoms with Gasteiger partial charge in [-0.15, -0.1) is 11.3 Å². The molecule has 0 fully saturated rings. The molecule has 2 heterocycles. The second kappa shape index (κ2) is 4.90. The van der Waals surface area contributed by atoms with E-state index < -0.39 is 0 Å². The van der Waals surface area contributed by atoms with E-state index >= 15 is 0 Å². The van der Waals surface area contributed by atoms with Crippen molar-refractivity contribution in [2.24, 2.45) is 0 Å². The van der Waals surface area contributed by atoms with Crippen LogP contribution in [0.5, 0.6) is 0 Å². The molecule has 1 aliphatic heterocycles. The van der Waals surface area contributed by atoms with Crippen LogP contribution in [0.1, 0.15) is 31.2 Å². The van der Waals surface area contributed by atoms with Crippen LogP contribution in [0.2, 0.25) is 0 Å². The van der Waals surface area contributed by atoms with Gasteiger partial charge in [-0.2, -0.15) is 11.8 Å². The molecule has 92 valence electrons. The molecule has 3 rings (SSSR count). The first-order valence-corrected chi connectivity index (χ1v) is 8.02. The normalized spacial score (nSPS) is 14.3. The minimum atomic E-state index is 0.170. The van der Waals surface area contributed by atoms with Crippen molar-refractivity contribution in [2.45, 2.75) is 19.1 Å². The standard InChI is InChI=1S/C15H14OS2/c1-10-3-2-4-11(7-10)15(16)14-8-12-9-17-6-5-13(12)18-14/h2-4,7-8H,5-6,9H2,1H3. The Morgan fingerprint density at radius 1 is 1.28 bits per heavy atom. The molecule has 0 atom stereocenters. The number of aryl methyl sites for hydroxylation is 2. The molecule has 0 amide bonds. The third-order valence-electron chi connectivity index (χ3n) is 3.13. The number of hydrogen-bond donors (Lipinski definition) is 0. The Balaban J connectivity index is 1.95. The van der Waals surface area contributed by atoms with Gasteiger partial charge in [-0.1, -0.05) is 23.8 Å². The van der Waals surface area contributed by atoms with Gasteiger partial charge in [-0.25, -0.2) is 0 Å². The van der Waals surface area contributed by atoms with Crippen LogP contribution in [0, 0.1) is 6.92 Å². The summed E-state index contributed by atoms with van der Waals surface area (Å²) in [5, 5.41) is 0. The average molecular weight is 274 g/mol. The van der Waals surface area contributed by atoms with E-state index in [9.17, 15) is 4.79 Å². The van der Waals surface area contributed by atoms with Gasteiger partial charge >= 0.3 is 0 Å². The van der Waals surface area contributed by atoms with Crippen molar-refractivity contribution in [1.82, 2.24) is 0 Å². The Morgan fingerprint density at radius 3 is 2.94 bits per heavy atom. The highest BCUT2D eigenvalue weighted by Crippen LogP contribution is 2.32. The lowest BCUT2D eigenvalue weighted by atomic mass is 10.1. The predicted octanol–water partition coefficient (Wildman–Crippen LogP) is 4.08. The highest BCUT2D eigenvalue weighted by molar-refractivity contribution is 7.98. The predicted molar refractivity (Wildman–Crippen MR) is 78.8 cm³/mol. The number of thiophene rings is 1. The average Bonchev–Trinajstić information content (AvgIpc) is 2.81. The number of ketones is 1. The lowest BCUT2D eigenvalue weighted by Crippen LogP contribution is -1.98. The molecule has 0 saturated heterocycles. The van der Waals surface area contributed by atoms with Crippen LogP contribution in [0.25, 0.3) is 0 Å². The first-order valence-electron chi connectivity index (χ1n) is 6.05. The molecule has 3 heteroatoms. The molecule has 0 N–H and O–H groups in total. The Labute approximate surface area is 115 Å². The first-order chi connectivity index (χ1) is 8.74. The SMILES string of the molecule is Cc1cccc(C(=O)c2cc3c(s2)CCSC3)c1. The summed E-state index contributed by atoms with van der Waals surface area (Å²) in [6, 6.07) is 9.94. The Bertz CT molecular complexity index is 575. The monoisotopic (exact) mass is 274 g/mol. The number of rotatable bonds is 2. The molecule has 1 aliphatic rings. The van der Waals surface area contributed by atoms with Crippen LogP contribution in [-0.4, -0.2) is 11.5 Å². The summed E-state index contributed by atoms with van der Waals surface area (Å²) in [6.45, 7) is 2.02. The second-order valence-corrected chi connectivity index (χ2v) is 6.80. The second-order valence-electron chi connectivity index (χ2n) is 4.56. The van der Waals surface area contributed by atoms with Gasteiger partial charge in [0.05, 0.1) is 4.88 Å². The van der Waals surface area contributed by atoms with Crippen LogP contribution in [0.3, 0.4) is 0 Å². The molecule has 0 radical (unpaired) electrons. The van der Waals surface area contributed by atoms with Crippen molar-refractivity contribution in [3.05, 3.63) is 56.8 Å². The molecule has 0 bridgehead atoms. The van der Waals surface area contributed by atoms with E-state index in [4.69, 9.17) is 0 Å². The molecule has 1 aromatic carbocycles. The number of carbonyl (C=O) groups is 1. The zero-order valence-electron chi connectivity index (χ0n) is 10.2. The zero-order valence-corrected chi connectivity index (χ0v) is 11.9. The number of carbonyl (C=O) groups excluding carboxylic acids is 1. The summed E-state index contributed by atoms with van der Waals surface area (Å²) in [4.78, 5) is 14.7. The van der Waals surface area contributed by atoms with E-state index in [1.807, 2.05) is 43.0 Å². The third-order valence-corrected chi connectivity index (χ3v) is 5.38. The van der Waals surface area contributed by atoms with Crippen molar-refractivity contribution in [3.63, 3.8) is 0 Å². The Kier molecular flexibility index (Phi) is 3.27. The number of thioether (sulfide) groups is 1. The molecule has 1 aromatic heterocycles. The maximum atomic E-state index is 12.4. The summed E-state index contributed by atoms with van der Waals surface area (Å²) in [7, 11) is 0. The maximum absolute atomic E-state index is 12.4. The van der Waals surface area contributed by atoms with Gasteiger partial charge in [0.15, 0.2) is 0 Å². The van der Waals surface area contributed by atoms with Crippen LogP contribution < -0.4 is 0 Å². The summed E-state index contributed by atoms with van der Waals surface area (Å²) in [5.74, 6) is 2.42. The van der Waals surface area contributed by atoms with Crippen molar-refractivity contribution in [1.29, 1.82) is 0 Å². The van der Waals surface area contributed by atoms with Crippen LogP contribution >= 0.6 is 23.1 Å². The topological polar surface area (TPSA) is 17.1 Å². The van der Waals surface area contributed by atoms with Crippen molar-refractivity contribution in [3.8, 4) is 0 Å². The largest absolute Gasteiger partial charge is 0.288 e. The molecule has 18 heavy (non-hydrogen) atoms.